The molecule has 1 aliphatic rings. The van der Waals surface area contributed by atoms with Crippen LogP contribution in [-0.2, 0) is 16.0 Å². The van der Waals surface area contributed by atoms with Gasteiger partial charge in [0.05, 0.1) is 12.1 Å². The Balaban J connectivity index is 1.56. The Kier molecular flexibility index (Phi) is 5.16. The van der Waals surface area contributed by atoms with Crippen molar-refractivity contribution >= 4 is 11.8 Å². The third kappa shape index (κ3) is 4.26. The summed E-state index contributed by atoms with van der Waals surface area (Å²) in [5.41, 5.74) is 7.51. The fourth-order valence-corrected chi connectivity index (χ4v) is 3.09. The van der Waals surface area contributed by atoms with Gasteiger partial charge in [-0.3, -0.25) is 9.59 Å². The summed E-state index contributed by atoms with van der Waals surface area (Å²) in [7, 11) is 0. The second-order valence-corrected chi connectivity index (χ2v) is 6.57. The van der Waals surface area contributed by atoms with Crippen LogP contribution in [-0.4, -0.2) is 34.8 Å². The van der Waals surface area contributed by atoms with E-state index < -0.39 is 0 Å². The van der Waals surface area contributed by atoms with E-state index in [-0.39, 0.29) is 17.7 Å². The minimum absolute atomic E-state index is 0.0148. The zero-order valence-corrected chi connectivity index (χ0v) is 14.4. The number of likely N-dealkylation sites (tertiary alicyclic amines) is 1. The molecule has 0 spiro atoms. The van der Waals surface area contributed by atoms with Gasteiger partial charge in [0.25, 0.3) is 0 Å². The summed E-state index contributed by atoms with van der Waals surface area (Å²) in [6.45, 7) is 3.14. The fourth-order valence-electron chi connectivity index (χ4n) is 3.09. The van der Waals surface area contributed by atoms with Gasteiger partial charge in [0, 0.05) is 31.5 Å². The lowest BCUT2D eigenvalue weighted by Crippen LogP contribution is -2.44. The van der Waals surface area contributed by atoms with Crippen molar-refractivity contribution in [2.24, 2.45) is 11.7 Å². The fraction of sp³-hybridized carbons (Fsp3) is 0.421. The maximum Gasteiger partial charge on any atom is 0.223 e. The molecule has 0 aliphatic carbocycles. The van der Waals surface area contributed by atoms with Gasteiger partial charge in [0.2, 0.25) is 11.8 Å². The maximum absolute atomic E-state index is 12.4. The number of oxazole rings is 1. The third-order valence-electron chi connectivity index (χ3n) is 4.62. The van der Waals surface area contributed by atoms with Gasteiger partial charge in [0.15, 0.2) is 11.7 Å². The van der Waals surface area contributed by atoms with Crippen LogP contribution in [0.5, 0.6) is 0 Å². The van der Waals surface area contributed by atoms with Gasteiger partial charge < -0.3 is 15.1 Å². The molecule has 2 aromatic rings. The Hall–Kier alpha value is -2.63. The van der Waals surface area contributed by atoms with Crippen LogP contribution in [0.15, 0.2) is 34.9 Å². The van der Waals surface area contributed by atoms with Crippen molar-refractivity contribution in [2.75, 3.05) is 13.1 Å². The van der Waals surface area contributed by atoms with Crippen LogP contribution in [0.25, 0.3) is 11.3 Å². The van der Waals surface area contributed by atoms with Crippen molar-refractivity contribution in [3.8, 4) is 11.3 Å². The highest BCUT2D eigenvalue weighted by molar-refractivity contribution is 5.80. The van der Waals surface area contributed by atoms with Crippen molar-refractivity contribution in [1.82, 2.24) is 9.88 Å². The number of aryl methyl sites for hydroxylation is 2. The lowest BCUT2D eigenvalue weighted by molar-refractivity contribution is -0.135. The molecule has 0 radical (unpaired) electrons. The van der Waals surface area contributed by atoms with Gasteiger partial charge in [-0.15, -0.1) is 0 Å². The summed E-state index contributed by atoms with van der Waals surface area (Å²) in [6.07, 6.45) is 4.03. The lowest BCUT2D eigenvalue weighted by atomic mass is 9.97. The highest BCUT2D eigenvalue weighted by Crippen LogP contribution is 2.22. The first-order valence-corrected chi connectivity index (χ1v) is 8.62. The standard InChI is InChI=1S/C19H23N3O3/c1-13-4-6-14(7-5-13)16-11-21-17(25-16)8-9-18(23)22-10-2-3-15(12-22)19(20)24/h4-7,11,15H,2-3,8-10,12H2,1H3,(H2,20,24). The molecule has 3 rings (SSSR count). The number of carbonyl (C=O) groups is 2. The predicted octanol–water partition coefficient (Wildman–Crippen LogP) is 2.31. The molecular weight excluding hydrogens is 318 g/mol. The second kappa shape index (κ2) is 7.51. The molecule has 1 aromatic heterocycles. The summed E-state index contributed by atoms with van der Waals surface area (Å²) >= 11 is 0. The molecule has 1 atom stereocenters. The lowest BCUT2D eigenvalue weighted by Gasteiger charge is -2.31. The number of hydrogen-bond donors (Lipinski definition) is 1. The molecule has 1 saturated heterocycles. The minimum Gasteiger partial charge on any atom is -0.441 e. The van der Waals surface area contributed by atoms with Crippen molar-refractivity contribution in [1.29, 1.82) is 0 Å². The first-order valence-electron chi connectivity index (χ1n) is 8.62. The van der Waals surface area contributed by atoms with Crippen LogP contribution in [0.1, 0.15) is 30.7 Å². The zero-order chi connectivity index (χ0) is 17.8. The van der Waals surface area contributed by atoms with Crippen molar-refractivity contribution in [2.45, 2.75) is 32.6 Å². The number of amides is 2. The first-order chi connectivity index (χ1) is 12.0. The highest BCUT2D eigenvalue weighted by atomic mass is 16.4. The van der Waals surface area contributed by atoms with E-state index in [0.717, 1.165) is 18.4 Å². The van der Waals surface area contributed by atoms with E-state index in [1.165, 1.54) is 5.56 Å². The Morgan fingerprint density at radius 2 is 2.08 bits per heavy atom. The largest absolute Gasteiger partial charge is 0.441 e. The van der Waals surface area contributed by atoms with Crippen LogP contribution in [0, 0.1) is 12.8 Å². The SMILES string of the molecule is Cc1ccc(-c2cnc(CCC(=O)N3CCCC(C(N)=O)C3)o2)cc1. The molecule has 2 heterocycles. The van der Waals surface area contributed by atoms with E-state index in [0.29, 0.717) is 37.6 Å². The van der Waals surface area contributed by atoms with E-state index in [1.807, 2.05) is 31.2 Å². The molecule has 132 valence electrons. The van der Waals surface area contributed by atoms with Crippen LogP contribution in [0.2, 0.25) is 0 Å². The van der Waals surface area contributed by atoms with Crippen LogP contribution in [0.3, 0.4) is 0 Å². The highest BCUT2D eigenvalue weighted by Gasteiger charge is 2.26. The second-order valence-electron chi connectivity index (χ2n) is 6.57. The molecule has 6 nitrogen and oxygen atoms in total. The Labute approximate surface area is 147 Å². The quantitative estimate of drug-likeness (QED) is 0.903. The summed E-state index contributed by atoms with van der Waals surface area (Å²) in [5, 5.41) is 0. The summed E-state index contributed by atoms with van der Waals surface area (Å²) in [4.78, 5) is 29.7. The van der Waals surface area contributed by atoms with E-state index in [2.05, 4.69) is 4.98 Å². The number of piperidine rings is 1. The number of rotatable bonds is 5. The molecule has 1 fully saturated rings. The molecule has 0 saturated carbocycles. The predicted molar refractivity (Wildman–Crippen MR) is 93.5 cm³/mol. The number of nitrogens with two attached hydrogens (primary N) is 1. The van der Waals surface area contributed by atoms with Gasteiger partial charge in [-0.25, -0.2) is 4.98 Å². The van der Waals surface area contributed by atoms with E-state index in [1.54, 1.807) is 11.1 Å². The molecule has 6 heteroatoms. The molecule has 25 heavy (non-hydrogen) atoms. The monoisotopic (exact) mass is 341 g/mol. The summed E-state index contributed by atoms with van der Waals surface area (Å²) in [6, 6.07) is 8.02. The molecule has 1 aliphatic heterocycles. The number of carbonyl (C=O) groups excluding carboxylic acids is 2. The van der Waals surface area contributed by atoms with Gasteiger partial charge in [-0.2, -0.15) is 0 Å². The maximum atomic E-state index is 12.4. The van der Waals surface area contributed by atoms with E-state index in [9.17, 15) is 9.59 Å². The number of aromatic nitrogens is 1. The average molecular weight is 341 g/mol. The van der Waals surface area contributed by atoms with Gasteiger partial charge in [-0.1, -0.05) is 29.8 Å². The molecule has 2 N–H and O–H groups in total. The zero-order valence-electron chi connectivity index (χ0n) is 14.4. The number of primary amides is 1. The van der Waals surface area contributed by atoms with Crippen LogP contribution < -0.4 is 5.73 Å². The normalized spacial score (nSPS) is 17.5. The Bertz CT molecular complexity index is 752. The number of benzene rings is 1. The molecular formula is C19H23N3O3. The first kappa shape index (κ1) is 17.2. The molecule has 0 bridgehead atoms. The van der Waals surface area contributed by atoms with Gasteiger partial charge in [-0.05, 0) is 19.8 Å². The Morgan fingerprint density at radius 1 is 1.32 bits per heavy atom. The van der Waals surface area contributed by atoms with Crippen LogP contribution >= 0.6 is 0 Å². The topological polar surface area (TPSA) is 89.4 Å². The average Bonchev–Trinajstić information content (AvgIpc) is 3.09. The van der Waals surface area contributed by atoms with Crippen LogP contribution in [0.4, 0.5) is 0 Å². The van der Waals surface area contributed by atoms with Crippen molar-refractivity contribution in [3.63, 3.8) is 0 Å². The van der Waals surface area contributed by atoms with Crippen molar-refractivity contribution in [3.05, 3.63) is 41.9 Å². The summed E-state index contributed by atoms with van der Waals surface area (Å²) < 4.78 is 5.75. The van der Waals surface area contributed by atoms with Gasteiger partial charge >= 0.3 is 0 Å². The molecule has 2 amide bonds. The molecule has 1 unspecified atom stereocenters. The third-order valence-corrected chi connectivity index (χ3v) is 4.62. The van der Waals surface area contributed by atoms with Crippen molar-refractivity contribution < 1.29 is 14.0 Å². The van der Waals surface area contributed by atoms with Gasteiger partial charge in [0.1, 0.15) is 0 Å². The number of hydrogen-bond acceptors (Lipinski definition) is 4. The van der Waals surface area contributed by atoms with E-state index >= 15 is 0 Å². The Morgan fingerprint density at radius 3 is 2.80 bits per heavy atom. The molecule has 1 aromatic carbocycles. The minimum atomic E-state index is -0.326. The summed E-state index contributed by atoms with van der Waals surface area (Å²) in [5.74, 6) is 0.711. The van der Waals surface area contributed by atoms with E-state index in [4.69, 9.17) is 10.2 Å². The smallest absolute Gasteiger partial charge is 0.223 e. The number of nitrogens with zero attached hydrogens (tertiary/aromatic N) is 2.